The van der Waals surface area contributed by atoms with Gasteiger partial charge in [0.05, 0.1) is 26.3 Å². The Kier molecular flexibility index (Phi) is 7.08. The maximum atomic E-state index is 12.1. The molecule has 0 saturated heterocycles. The van der Waals surface area contributed by atoms with Crippen molar-refractivity contribution >= 4 is 17.3 Å². The fraction of sp³-hybridized carbons (Fsp3) is 0.273. The lowest BCUT2D eigenvalue weighted by atomic mass is 10.2. The number of carbonyl (C=O) groups excluding carboxylic acids is 1. The van der Waals surface area contributed by atoms with E-state index in [0.29, 0.717) is 23.8 Å². The Morgan fingerprint density at radius 3 is 2.55 bits per heavy atom. The number of hydrogen-bond donors (Lipinski definition) is 0. The van der Waals surface area contributed by atoms with Crippen LogP contribution in [0.25, 0.3) is 10.6 Å². The van der Waals surface area contributed by atoms with Gasteiger partial charge in [0.25, 0.3) is 0 Å². The van der Waals surface area contributed by atoms with Gasteiger partial charge in [-0.3, -0.25) is 4.79 Å². The van der Waals surface area contributed by atoms with Crippen LogP contribution < -0.4 is 14.2 Å². The van der Waals surface area contributed by atoms with E-state index in [1.807, 2.05) is 54.8 Å². The summed E-state index contributed by atoms with van der Waals surface area (Å²) in [6, 6.07) is 13.3. The molecule has 0 atom stereocenters. The van der Waals surface area contributed by atoms with Crippen LogP contribution in [0.3, 0.4) is 0 Å². The lowest BCUT2D eigenvalue weighted by Crippen LogP contribution is -2.14. The molecule has 0 radical (unpaired) electrons. The van der Waals surface area contributed by atoms with Gasteiger partial charge in [0.1, 0.15) is 24.0 Å². The highest BCUT2D eigenvalue weighted by atomic mass is 32.1. The molecule has 152 valence electrons. The summed E-state index contributed by atoms with van der Waals surface area (Å²) in [5.74, 6) is 1.75. The van der Waals surface area contributed by atoms with E-state index in [0.717, 1.165) is 21.9 Å². The third-order valence-corrected chi connectivity index (χ3v) is 5.15. The first-order valence-electron chi connectivity index (χ1n) is 9.11. The van der Waals surface area contributed by atoms with Crippen LogP contribution >= 0.6 is 11.3 Å². The molecule has 0 aliphatic rings. The summed E-state index contributed by atoms with van der Waals surface area (Å²) in [7, 11) is 3.18. The normalized spacial score (nSPS) is 10.4. The molecule has 7 heteroatoms. The first-order valence-corrected chi connectivity index (χ1v) is 9.99. The lowest BCUT2D eigenvalue weighted by molar-refractivity contribution is -0.143. The second-order valence-electron chi connectivity index (χ2n) is 6.22. The number of para-hydroxylation sites is 1. The first-order chi connectivity index (χ1) is 14.1. The Morgan fingerprint density at radius 1 is 1.00 bits per heavy atom. The van der Waals surface area contributed by atoms with Gasteiger partial charge in [0, 0.05) is 10.9 Å². The monoisotopic (exact) mass is 413 g/mol. The third kappa shape index (κ3) is 5.48. The third-order valence-electron chi connectivity index (χ3n) is 4.21. The maximum absolute atomic E-state index is 12.1. The van der Waals surface area contributed by atoms with Gasteiger partial charge in [-0.25, -0.2) is 4.98 Å². The quantitative estimate of drug-likeness (QED) is 0.385. The van der Waals surface area contributed by atoms with E-state index in [1.54, 1.807) is 14.2 Å². The van der Waals surface area contributed by atoms with Gasteiger partial charge < -0.3 is 18.9 Å². The smallest absolute Gasteiger partial charge is 0.312 e. The number of hydrogen-bond acceptors (Lipinski definition) is 7. The molecule has 1 heterocycles. The summed E-state index contributed by atoms with van der Waals surface area (Å²) in [6.07, 6.45) is 0.119. The Labute approximate surface area is 174 Å². The van der Waals surface area contributed by atoms with Crippen molar-refractivity contribution in [1.82, 2.24) is 4.98 Å². The number of ether oxygens (including phenoxy) is 4. The van der Waals surface area contributed by atoms with Crippen molar-refractivity contribution in [2.45, 2.75) is 13.3 Å². The summed E-state index contributed by atoms with van der Waals surface area (Å²) in [4.78, 5) is 16.6. The molecule has 0 N–H and O–H groups in total. The average Bonchev–Trinajstić information content (AvgIpc) is 3.20. The number of aromatic nitrogens is 1. The maximum Gasteiger partial charge on any atom is 0.312 e. The Morgan fingerprint density at radius 2 is 1.79 bits per heavy atom. The van der Waals surface area contributed by atoms with E-state index < -0.39 is 0 Å². The van der Waals surface area contributed by atoms with Crippen LogP contribution in [0.5, 0.6) is 17.2 Å². The minimum Gasteiger partial charge on any atom is -0.493 e. The summed E-state index contributed by atoms with van der Waals surface area (Å²) >= 11 is 1.46. The molecular weight excluding hydrogens is 390 g/mol. The fourth-order valence-electron chi connectivity index (χ4n) is 2.71. The topological polar surface area (TPSA) is 66.9 Å². The van der Waals surface area contributed by atoms with Crippen LogP contribution in [0, 0.1) is 6.92 Å². The molecule has 0 bridgehead atoms. The summed E-state index contributed by atoms with van der Waals surface area (Å²) in [5, 5.41) is 2.66. The number of methoxy groups -OCH3 is 2. The van der Waals surface area contributed by atoms with E-state index in [2.05, 4.69) is 4.98 Å². The molecule has 0 aliphatic heterocycles. The highest BCUT2D eigenvalue weighted by Gasteiger charge is 2.12. The van der Waals surface area contributed by atoms with Crippen molar-refractivity contribution in [3.05, 3.63) is 59.1 Å². The second-order valence-corrected chi connectivity index (χ2v) is 7.08. The van der Waals surface area contributed by atoms with Gasteiger partial charge in [-0.2, -0.15) is 0 Å². The molecular formula is C22H23NO5S. The van der Waals surface area contributed by atoms with Gasteiger partial charge in [-0.1, -0.05) is 18.2 Å². The summed E-state index contributed by atoms with van der Waals surface area (Å²) in [5.41, 5.74) is 2.62. The zero-order valence-electron chi connectivity index (χ0n) is 16.6. The lowest BCUT2D eigenvalue weighted by Gasteiger charge is -2.09. The van der Waals surface area contributed by atoms with Crippen molar-refractivity contribution in [3.8, 4) is 27.8 Å². The number of benzene rings is 2. The number of rotatable bonds is 9. The molecule has 0 saturated carbocycles. The SMILES string of the molecule is COc1ccc(-c2nc(CC(=O)OCCOc3ccccc3C)cs2)cc1OC. The number of nitrogens with zero attached hydrogens (tertiary/aromatic N) is 1. The Hall–Kier alpha value is -3.06. The Balaban J connectivity index is 1.51. The average molecular weight is 413 g/mol. The molecule has 29 heavy (non-hydrogen) atoms. The molecule has 2 aromatic carbocycles. The molecule has 3 rings (SSSR count). The van der Waals surface area contributed by atoms with Crippen LogP contribution in [0.15, 0.2) is 47.8 Å². The number of thiazole rings is 1. The zero-order chi connectivity index (χ0) is 20.6. The molecule has 1 aromatic heterocycles. The van der Waals surface area contributed by atoms with E-state index in [1.165, 1.54) is 11.3 Å². The molecule has 0 aliphatic carbocycles. The summed E-state index contributed by atoms with van der Waals surface area (Å²) < 4.78 is 21.5. The standard InChI is InChI=1S/C22H23NO5S/c1-15-6-4-5-7-18(15)27-10-11-28-21(24)13-17-14-29-22(23-17)16-8-9-19(25-2)20(12-16)26-3/h4-9,12,14H,10-11,13H2,1-3H3. The van der Waals surface area contributed by atoms with Gasteiger partial charge in [0.15, 0.2) is 11.5 Å². The van der Waals surface area contributed by atoms with Crippen molar-refractivity contribution in [1.29, 1.82) is 0 Å². The molecule has 3 aromatic rings. The number of carbonyl (C=O) groups is 1. The number of aryl methyl sites for hydroxylation is 1. The van der Waals surface area contributed by atoms with Gasteiger partial charge in [-0.05, 0) is 36.8 Å². The van der Waals surface area contributed by atoms with Crippen molar-refractivity contribution < 1.29 is 23.7 Å². The van der Waals surface area contributed by atoms with E-state index in [-0.39, 0.29) is 19.0 Å². The van der Waals surface area contributed by atoms with Gasteiger partial charge in [0.2, 0.25) is 0 Å². The van der Waals surface area contributed by atoms with Crippen LogP contribution in [0.2, 0.25) is 0 Å². The first kappa shape index (κ1) is 20.7. The number of esters is 1. The van der Waals surface area contributed by atoms with E-state index in [9.17, 15) is 4.79 Å². The van der Waals surface area contributed by atoms with E-state index >= 15 is 0 Å². The predicted molar refractivity (Wildman–Crippen MR) is 112 cm³/mol. The molecule has 0 amide bonds. The largest absolute Gasteiger partial charge is 0.493 e. The van der Waals surface area contributed by atoms with Gasteiger partial charge >= 0.3 is 5.97 Å². The van der Waals surface area contributed by atoms with E-state index in [4.69, 9.17) is 18.9 Å². The minimum atomic E-state index is -0.331. The van der Waals surface area contributed by atoms with Crippen LogP contribution in [-0.4, -0.2) is 38.4 Å². The molecule has 0 spiro atoms. The molecule has 0 fully saturated rings. The van der Waals surface area contributed by atoms with Crippen LogP contribution in [-0.2, 0) is 16.0 Å². The fourth-order valence-corrected chi connectivity index (χ4v) is 3.53. The second kappa shape index (κ2) is 9.93. The van der Waals surface area contributed by atoms with Crippen molar-refractivity contribution in [2.24, 2.45) is 0 Å². The van der Waals surface area contributed by atoms with Crippen molar-refractivity contribution in [2.75, 3.05) is 27.4 Å². The molecule has 0 unspecified atom stereocenters. The minimum absolute atomic E-state index is 0.119. The highest BCUT2D eigenvalue weighted by Crippen LogP contribution is 2.33. The summed E-state index contributed by atoms with van der Waals surface area (Å²) in [6.45, 7) is 2.48. The van der Waals surface area contributed by atoms with Crippen LogP contribution in [0.4, 0.5) is 0 Å². The zero-order valence-corrected chi connectivity index (χ0v) is 17.5. The van der Waals surface area contributed by atoms with Crippen LogP contribution in [0.1, 0.15) is 11.3 Å². The van der Waals surface area contributed by atoms with Gasteiger partial charge in [-0.15, -0.1) is 11.3 Å². The van der Waals surface area contributed by atoms with Crippen molar-refractivity contribution in [3.63, 3.8) is 0 Å². The molecule has 6 nitrogen and oxygen atoms in total. The Bertz CT molecular complexity index is 969. The highest BCUT2D eigenvalue weighted by molar-refractivity contribution is 7.13. The predicted octanol–water partition coefficient (Wildman–Crippen LogP) is 4.30.